The lowest BCUT2D eigenvalue weighted by molar-refractivity contribution is 0.311. The van der Waals surface area contributed by atoms with Gasteiger partial charge in [0.2, 0.25) is 0 Å². The normalized spacial score (nSPS) is 10.6. The Balaban J connectivity index is 0.00000200. The molecule has 5 nitrogen and oxygen atoms in total. The van der Waals surface area contributed by atoms with Gasteiger partial charge in [-0.05, 0) is 26.2 Å². The van der Waals surface area contributed by atoms with Crippen molar-refractivity contribution in [3.63, 3.8) is 0 Å². The molecule has 0 unspecified atom stereocenters. The Labute approximate surface area is 125 Å². The molecule has 1 aromatic carbocycles. The first kappa shape index (κ1) is 16.6. The van der Waals surface area contributed by atoms with Crippen LogP contribution >= 0.6 is 12.4 Å². The Bertz CT molecular complexity index is 548. The molecule has 0 aliphatic rings. The Hall–Kier alpha value is -1.43. The number of aliphatic hydroxyl groups is 1. The predicted molar refractivity (Wildman–Crippen MR) is 84.6 cm³/mol. The first-order valence-corrected chi connectivity index (χ1v) is 6.46. The van der Waals surface area contributed by atoms with E-state index in [1.54, 1.807) is 0 Å². The third-order valence-electron chi connectivity index (χ3n) is 2.84. The predicted octanol–water partition coefficient (Wildman–Crippen LogP) is 1.56. The van der Waals surface area contributed by atoms with Crippen molar-refractivity contribution in [2.75, 3.05) is 39.1 Å². The summed E-state index contributed by atoms with van der Waals surface area (Å²) in [6, 6.07) is 7.92. The second kappa shape index (κ2) is 7.99. The van der Waals surface area contributed by atoms with Gasteiger partial charge in [0.15, 0.2) is 0 Å². The molecule has 1 aromatic heterocycles. The quantitative estimate of drug-likeness (QED) is 0.847. The minimum atomic E-state index is 0. The van der Waals surface area contributed by atoms with Crippen molar-refractivity contribution in [1.82, 2.24) is 14.9 Å². The number of nitrogens with one attached hydrogen (secondary N) is 1. The van der Waals surface area contributed by atoms with Crippen LogP contribution in [0.2, 0.25) is 0 Å². The Morgan fingerprint density at radius 2 is 1.95 bits per heavy atom. The molecule has 0 saturated heterocycles. The lowest BCUT2D eigenvalue weighted by Gasteiger charge is -2.12. The van der Waals surface area contributed by atoms with Gasteiger partial charge in [0, 0.05) is 24.9 Å². The summed E-state index contributed by atoms with van der Waals surface area (Å²) in [5.74, 6) is 1.63. The Morgan fingerprint density at radius 3 is 2.65 bits per heavy atom. The van der Waals surface area contributed by atoms with Gasteiger partial charge in [-0.25, -0.2) is 9.97 Å². The summed E-state index contributed by atoms with van der Waals surface area (Å²) in [6.07, 6.45) is 0.811. The van der Waals surface area contributed by atoms with Crippen LogP contribution in [-0.4, -0.2) is 53.8 Å². The fourth-order valence-corrected chi connectivity index (χ4v) is 1.87. The van der Waals surface area contributed by atoms with Gasteiger partial charge >= 0.3 is 0 Å². The zero-order valence-electron chi connectivity index (χ0n) is 11.8. The molecule has 0 amide bonds. The van der Waals surface area contributed by atoms with Crippen molar-refractivity contribution in [1.29, 1.82) is 0 Å². The highest BCUT2D eigenvalue weighted by Crippen LogP contribution is 2.19. The topological polar surface area (TPSA) is 61.3 Å². The average molecular weight is 297 g/mol. The van der Waals surface area contributed by atoms with Crippen molar-refractivity contribution in [3.05, 3.63) is 30.1 Å². The summed E-state index contributed by atoms with van der Waals surface area (Å²) in [5.41, 5.74) is 0.937. The number of anilines is 1. The van der Waals surface area contributed by atoms with Crippen molar-refractivity contribution < 1.29 is 5.11 Å². The number of hydrogen-bond acceptors (Lipinski definition) is 5. The van der Waals surface area contributed by atoms with E-state index < -0.39 is 0 Å². The first-order chi connectivity index (χ1) is 9.20. The summed E-state index contributed by atoms with van der Waals surface area (Å²) in [4.78, 5) is 11.2. The zero-order valence-corrected chi connectivity index (χ0v) is 12.7. The molecule has 110 valence electrons. The summed E-state index contributed by atoms with van der Waals surface area (Å²) in [5, 5.41) is 13.1. The maximum atomic E-state index is 8.93. The van der Waals surface area contributed by atoms with E-state index in [0.29, 0.717) is 6.54 Å². The second-order valence-electron chi connectivity index (χ2n) is 4.71. The molecular formula is C14H21ClN4O. The van der Waals surface area contributed by atoms with Gasteiger partial charge in [0.05, 0.1) is 12.1 Å². The SMILES string of the molecule is CN(C)CCc1nc(NCCO)c2ccccc2n1.Cl. The molecular weight excluding hydrogens is 276 g/mol. The smallest absolute Gasteiger partial charge is 0.137 e. The Morgan fingerprint density at radius 1 is 1.20 bits per heavy atom. The van der Waals surface area contributed by atoms with E-state index in [9.17, 15) is 0 Å². The second-order valence-corrected chi connectivity index (χ2v) is 4.71. The molecule has 0 atom stereocenters. The van der Waals surface area contributed by atoms with Crippen LogP contribution in [0.3, 0.4) is 0 Å². The summed E-state index contributed by atoms with van der Waals surface area (Å²) in [6.45, 7) is 1.50. The maximum Gasteiger partial charge on any atom is 0.137 e. The highest BCUT2D eigenvalue weighted by atomic mass is 35.5. The van der Waals surface area contributed by atoms with E-state index in [1.165, 1.54) is 0 Å². The van der Waals surface area contributed by atoms with E-state index in [-0.39, 0.29) is 19.0 Å². The molecule has 20 heavy (non-hydrogen) atoms. The lowest BCUT2D eigenvalue weighted by atomic mass is 10.2. The number of hydrogen-bond donors (Lipinski definition) is 2. The summed E-state index contributed by atoms with van der Waals surface area (Å²) < 4.78 is 0. The van der Waals surface area contributed by atoms with Crippen LogP contribution in [-0.2, 0) is 6.42 Å². The molecule has 2 aromatic rings. The number of halogens is 1. The summed E-state index contributed by atoms with van der Waals surface area (Å²) in [7, 11) is 4.07. The van der Waals surface area contributed by atoms with E-state index in [4.69, 9.17) is 5.11 Å². The molecule has 0 bridgehead atoms. The van der Waals surface area contributed by atoms with E-state index in [2.05, 4.69) is 20.2 Å². The fraction of sp³-hybridized carbons (Fsp3) is 0.429. The molecule has 0 fully saturated rings. The van der Waals surface area contributed by atoms with Crippen LogP contribution in [0.25, 0.3) is 10.9 Å². The van der Waals surface area contributed by atoms with Crippen LogP contribution in [0.1, 0.15) is 5.82 Å². The number of aromatic nitrogens is 2. The number of likely N-dealkylation sites (N-methyl/N-ethyl adjacent to an activating group) is 1. The zero-order chi connectivity index (χ0) is 13.7. The van der Waals surface area contributed by atoms with Gasteiger partial charge in [-0.3, -0.25) is 0 Å². The van der Waals surface area contributed by atoms with Gasteiger partial charge in [-0.2, -0.15) is 0 Å². The van der Waals surface area contributed by atoms with E-state index in [1.807, 2.05) is 38.4 Å². The molecule has 0 radical (unpaired) electrons. The van der Waals surface area contributed by atoms with E-state index in [0.717, 1.165) is 35.5 Å². The maximum absolute atomic E-state index is 8.93. The number of nitrogens with zero attached hydrogens (tertiary/aromatic N) is 3. The minimum Gasteiger partial charge on any atom is -0.395 e. The molecule has 0 aliphatic carbocycles. The molecule has 0 saturated carbocycles. The largest absolute Gasteiger partial charge is 0.395 e. The van der Waals surface area contributed by atoms with Gasteiger partial charge in [-0.15, -0.1) is 12.4 Å². The van der Waals surface area contributed by atoms with Crippen molar-refractivity contribution >= 4 is 29.1 Å². The van der Waals surface area contributed by atoms with Crippen LogP contribution in [0.15, 0.2) is 24.3 Å². The minimum absolute atomic E-state index is 0. The number of aliphatic hydroxyl groups excluding tert-OH is 1. The highest BCUT2D eigenvalue weighted by molar-refractivity contribution is 5.88. The number of fused-ring (bicyclic) bond motifs is 1. The van der Waals surface area contributed by atoms with Crippen LogP contribution < -0.4 is 5.32 Å². The van der Waals surface area contributed by atoms with Crippen LogP contribution in [0.5, 0.6) is 0 Å². The third kappa shape index (κ3) is 4.30. The van der Waals surface area contributed by atoms with Crippen molar-refractivity contribution in [2.24, 2.45) is 0 Å². The molecule has 6 heteroatoms. The first-order valence-electron chi connectivity index (χ1n) is 6.46. The van der Waals surface area contributed by atoms with Crippen molar-refractivity contribution in [3.8, 4) is 0 Å². The highest BCUT2D eigenvalue weighted by Gasteiger charge is 2.07. The molecule has 1 heterocycles. The Kier molecular flexibility index (Phi) is 6.64. The standard InChI is InChI=1S/C14H20N4O.ClH/c1-18(2)9-7-13-16-12-6-4-3-5-11(12)14(17-13)15-8-10-19;/h3-6,19H,7-10H2,1-2H3,(H,15,16,17);1H. The number of benzene rings is 1. The molecule has 0 aliphatic heterocycles. The molecule has 2 rings (SSSR count). The molecule has 0 spiro atoms. The third-order valence-corrected chi connectivity index (χ3v) is 2.84. The average Bonchev–Trinajstić information content (AvgIpc) is 2.42. The lowest BCUT2D eigenvalue weighted by Crippen LogP contribution is -2.17. The monoisotopic (exact) mass is 296 g/mol. The van der Waals surface area contributed by atoms with Crippen LogP contribution in [0, 0.1) is 0 Å². The van der Waals surface area contributed by atoms with Gasteiger partial charge in [0.25, 0.3) is 0 Å². The van der Waals surface area contributed by atoms with Crippen LogP contribution in [0.4, 0.5) is 5.82 Å². The fourth-order valence-electron chi connectivity index (χ4n) is 1.87. The van der Waals surface area contributed by atoms with Gasteiger partial charge in [0.1, 0.15) is 11.6 Å². The van der Waals surface area contributed by atoms with E-state index >= 15 is 0 Å². The number of para-hydroxylation sites is 1. The summed E-state index contributed by atoms with van der Waals surface area (Å²) >= 11 is 0. The number of rotatable bonds is 6. The van der Waals surface area contributed by atoms with Gasteiger partial charge in [-0.1, -0.05) is 12.1 Å². The van der Waals surface area contributed by atoms with Crippen molar-refractivity contribution in [2.45, 2.75) is 6.42 Å². The molecule has 2 N–H and O–H groups in total. The van der Waals surface area contributed by atoms with Gasteiger partial charge < -0.3 is 15.3 Å².